The molecule has 0 saturated heterocycles. The third-order valence-corrected chi connectivity index (χ3v) is 11.9. The molecule has 5 heterocycles. The second-order valence-corrected chi connectivity index (χ2v) is 26.8. The second kappa shape index (κ2) is 98.7. The van der Waals surface area contributed by atoms with Crippen LogP contribution in [0, 0.1) is 22.1 Å². The largest absolute Gasteiger partial charge is 1.00 e. The van der Waals surface area contributed by atoms with Gasteiger partial charge in [-0.1, -0.05) is 0 Å². The van der Waals surface area contributed by atoms with Crippen LogP contribution in [0.4, 0.5) is 30.6 Å². The number of nitrogens with two attached hydrogens (primary N) is 3. The number of hydrazone groups is 1. The van der Waals surface area contributed by atoms with E-state index in [0.29, 0.717) is 91.1 Å². The van der Waals surface area contributed by atoms with E-state index in [9.17, 15) is 80.3 Å². The number of aliphatic hydroxyl groups is 1. The number of hydrogen-bond donors (Lipinski definition) is 14. The number of aromatic amines is 5. The minimum Gasteiger partial charge on any atom is -1.00 e. The Hall–Kier alpha value is -12.4. The molecule has 0 spiro atoms. The number of nitrogens with zero attached hydrogens (tertiary/aromatic N) is 4. The zero-order chi connectivity index (χ0) is 109. The van der Waals surface area contributed by atoms with Crippen molar-refractivity contribution in [3.8, 4) is 6.07 Å². The fourth-order valence-electron chi connectivity index (χ4n) is 7.40. The maximum absolute atomic E-state index is 11.7. The number of hydrogen-bond acceptors (Lipinski definition) is 45. The smallest absolute Gasteiger partial charge is 1.00 e. The Labute approximate surface area is 876 Å². The van der Waals surface area contributed by atoms with E-state index in [0.717, 1.165) is 6.21 Å². The molecule has 5 rings (SSSR count). The van der Waals surface area contributed by atoms with E-state index in [1.54, 1.807) is 201 Å². The summed E-state index contributed by atoms with van der Waals surface area (Å²) in [6.45, 7) is 41.4. The van der Waals surface area contributed by atoms with E-state index < -0.39 is 94.4 Å². The fourth-order valence-corrected chi connectivity index (χ4v) is 7.40. The van der Waals surface area contributed by atoms with Crippen LogP contribution in [-0.4, -0.2) is 284 Å². The molecule has 58 heteroatoms. The molecule has 17 N–H and O–H groups in total. The number of amidine groups is 1. The normalized spacial score (nSPS) is 9.57. The number of carbonyl (C=O) groups is 16. The van der Waals surface area contributed by atoms with Gasteiger partial charge in [-0.3, -0.25) is 74.3 Å². The second-order valence-electron chi connectivity index (χ2n) is 26.5. The minimum atomic E-state index is -4.64. The first-order valence-electron chi connectivity index (χ1n) is 41.4. The summed E-state index contributed by atoms with van der Waals surface area (Å²) in [6.07, 6.45) is 2.19. The number of aromatic nitrogens is 6. The number of aliphatic hydroxyl groups excluding tert-OH is 1. The topological polar surface area (TPSA) is 774 Å². The molecular formula is C84H136Cl2F3N17Na2O34. The SMILES string of the molecule is CC#N.CC(C)(C)OC(=O)CN.CCO.CCOC(=N)CC(=O)OCC.CCOC(=N)CC(=O)OCC.CCOC(=O)/C=N/Nc1[nH]ccc1C(=O)OCC.CCOC(=O)C=O.CCOC(=O)CC(N)=NCC(=O)OC(C)(C)C.CCOC(=O)c1cc[nH]c1NCC(=O)OC(C)(C)C.CCOC(=O)c1cc[nH]c1NN.CCOC(=O)c1n[nH]c2[nH]ccc2c1=O.Cl.O=CC(F)(F)F.O=CCCl.O=CO[O-].[H-].[Na+].[Na+]. The van der Waals surface area contributed by atoms with Crippen LogP contribution in [0.2, 0.25) is 0 Å². The molecule has 0 aliphatic rings. The number of halogens is 5. The Kier molecular flexibility index (Phi) is 108. The first-order valence-corrected chi connectivity index (χ1v) is 41.9. The zero-order valence-electron chi connectivity index (χ0n) is 85.3. The van der Waals surface area contributed by atoms with Crippen LogP contribution >= 0.6 is 24.0 Å². The molecule has 0 bridgehead atoms. The van der Waals surface area contributed by atoms with Gasteiger partial charge in [0.2, 0.25) is 23.7 Å². The quantitative estimate of drug-likeness (QED) is 0.00236. The molecular weight excluding hydrogens is 1960 g/mol. The molecule has 0 atom stereocenters. The van der Waals surface area contributed by atoms with Gasteiger partial charge in [0.25, 0.3) is 6.47 Å². The Bertz CT molecular complexity index is 4440. The molecule has 5 aromatic heterocycles. The molecule has 0 saturated carbocycles. The Balaban J connectivity index is -0.000000119. The summed E-state index contributed by atoms with van der Waals surface area (Å²) in [4.78, 5) is 197. The average molecular weight is 2100 g/mol. The molecule has 0 aliphatic carbocycles. The number of esters is 12. The van der Waals surface area contributed by atoms with Gasteiger partial charge in [-0.2, -0.15) is 28.6 Å². The summed E-state index contributed by atoms with van der Waals surface area (Å²) >= 11 is 4.82. The number of aliphatic imine (C=N–C) groups is 1. The van der Waals surface area contributed by atoms with E-state index in [1.165, 1.54) is 6.92 Å². The number of nitriles is 1. The van der Waals surface area contributed by atoms with Gasteiger partial charge in [0.1, 0.15) is 107 Å². The van der Waals surface area contributed by atoms with Crippen molar-refractivity contribution in [1.29, 1.82) is 16.1 Å². The van der Waals surface area contributed by atoms with Gasteiger partial charge in [0.05, 0.1) is 96.6 Å². The van der Waals surface area contributed by atoms with E-state index in [1.807, 2.05) is 0 Å². The van der Waals surface area contributed by atoms with Crippen molar-refractivity contribution in [3.05, 3.63) is 81.7 Å². The molecule has 0 radical (unpaired) electrons. The predicted molar refractivity (Wildman–Crippen MR) is 505 cm³/mol. The zero-order valence-corrected chi connectivity index (χ0v) is 89.9. The number of nitrogen functional groups attached to an aromatic ring is 1. The van der Waals surface area contributed by atoms with E-state index >= 15 is 0 Å². The standard InChI is InChI=1S/C13H20N2O4.C11H15N3O4.C11H20N2O4.C9H9N3O3.C7H11N3O2.2C7H13NO3.C6H13NO2.C4H6O3.C2H3ClO.C2HF3O.C2H3N.C2H6O.CH2O3.ClH.2Na.H/c1-5-18-12(17)9-6-7-14-11(9)15-8-10(16)19-13(2,3)4;1-3-17-9(15)7-13-14-10-8(5-6-12-10)11(16)18-4-2;1-5-16-9(14)6-8(12)13-7-10(15)17-11(2,3)4;1-2-15-9(14)6-7(13)5-3-4-10-8(5)12-11-6;1-2-12-7(11)5-3-4-9-6(5)10-8;2*1-3-10-6(8)5-7(9)11-4-2;1-6(2,3)9-5(8)4-7;1-2-7-4(6)3-5;3-1-2-4;3-2(4,5)1-6;2*1-2-3;2-1-4-3;;;;/h6-7,14-15H,5,8H2,1-4H3;5-7,12,14H,3-4H2,1-2H3;5-7H2,1-4H3,(H2,12,13);3-4H,2H2,1H3,(H2,10,12,13);3-4,9-10H,2,8H2,1H3;2*8H,3-5H2,1-2H3;4,7H2,1-3H3;3H,2H2,1H3;2H,1H2;1H;1H3;3H,2H2,1H3;1,3H;1H;;;/q;;;;;;;;;;;;;;;2*+1;-1/p-1/b;13-7+;;;;;;;;;;;;;;;;. The van der Waals surface area contributed by atoms with Crippen LogP contribution in [-0.2, 0) is 129 Å². The molecule has 798 valence electrons. The van der Waals surface area contributed by atoms with Crippen molar-refractivity contribution in [2.75, 3.05) is 121 Å². The van der Waals surface area contributed by atoms with Gasteiger partial charge < -0.3 is 130 Å². The van der Waals surface area contributed by atoms with Gasteiger partial charge in [-0.15, -0.1) is 24.0 Å². The number of hydrazine groups is 1. The van der Waals surface area contributed by atoms with Gasteiger partial charge in [0.15, 0.2) is 11.8 Å². The number of H-pyrrole nitrogens is 5. The van der Waals surface area contributed by atoms with Crippen LogP contribution in [0.5, 0.6) is 0 Å². The number of carbonyl (C=O) groups excluding carboxylic acids is 16. The Morgan fingerprint density at radius 1 is 0.549 bits per heavy atom. The molecule has 0 aliphatic heterocycles. The number of anilines is 3. The van der Waals surface area contributed by atoms with E-state index in [-0.39, 0.29) is 205 Å². The van der Waals surface area contributed by atoms with Gasteiger partial charge in [-0.25, -0.2) is 34.6 Å². The molecule has 5 aromatic rings. The van der Waals surface area contributed by atoms with Gasteiger partial charge >= 0.3 is 137 Å². The van der Waals surface area contributed by atoms with E-state index in [2.05, 4.69) is 85.0 Å². The van der Waals surface area contributed by atoms with Crippen molar-refractivity contribution in [2.24, 2.45) is 27.4 Å². The van der Waals surface area contributed by atoms with Crippen LogP contribution in [0.3, 0.4) is 0 Å². The summed E-state index contributed by atoms with van der Waals surface area (Å²) in [5, 5.41) is 50.6. The summed E-state index contributed by atoms with van der Waals surface area (Å²) in [5.74, 6) is 0.644. The van der Waals surface area contributed by atoms with Crippen LogP contribution in [0.15, 0.2) is 63.9 Å². The molecule has 0 aromatic carbocycles. The predicted octanol–water partition coefficient (Wildman–Crippen LogP) is 1.26. The molecule has 51 nitrogen and oxygen atoms in total. The molecule has 0 unspecified atom stereocenters. The van der Waals surface area contributed by atoms with E-state index in [4.69, 9.17) is 112 Å². The van der Waals surface area contributed by atoms with Crippen molar-refractivity contribution in [2.45, 2.75) is 195 Å². The molecule has 0 fully saturated rings. The maximum atomic E-state index is 11.7. The summed E-state index contributed by atoms with van der Waals surface area (Å²) in [5.41, 5.74) is 14.8. The van der Waals surface area contributed by atoms with Gasteiger partial charge in [0, 0.05) is 38.3 Å². The number of rotatable bonds is 34. The number of fused-ring (bicyclic) bond motifs is 1. The molecule has 142 heavy (non-hydrogen) atoms. The number of ether oxygens (including phenoxy) is 14. The van der Waals surface area contributed by atoms with Crippen LogP contribution in [0.1, 0.15) is 215 Å². The van der Waals surface area contributed by atoms with Crippen molar-refractivity contribution >= 4 is 173 Å². The Morgan fingerprint density at radius 3 is 1.21 bits per heavy atom. The maximum Gasteiger partial charge on any atom is 1.00 e. The first-order chi connectivity index (χ1) is 65.2. The minimum absolute atomic E-state index is 0. The van der Waals surface area contributed by atoms with Crippen LogP contribution in [0.25, 0.3) is 11.0 Å². The third-order valence-electron chi connectivity index (χ3n) is 11.8. The number of aldehydes is 3. The first kappa shape index (κ1) is 155. The number of nitrogens with one attached hydrogen (secondary N) is 10. The monoisotopic (exact) mass is 2100 g/mol. The van der Waals surface area contributed by atoms with Crippen molar-refractivity contribution in [3.63, 3.8) is 0 Å². The summed E-state index contributed by atoms with van der Waals surface area (Å²) in [6, 6.07) is 8.08. The van der Waals surface area contributed by atoms with Crippen molar-refractivity contribution in [1.82, 2.24) is 30.1 Å². The Morgan fingerprint density at radius 2 is 0.880 bits per heavy atom. The third kappa shape index (κ3) is 99.1. The summed E-state index contributed by atoms with van der Waals surface area (Å²) in [7, 11) is 0. The average Bonchev–Trinajstić information content (AvgIpc) is 1.70. The summed E-state index contributed by atoms with van der Waals surface area (Å²) < 4.78 is 97.7. The van der Waals surface area contributed by atoms with Crippen molar-refractivity contribution < 1.29 is 232 Å². The van der Waals surface area contributed by atoms with Gasteiger partial charge in [-0.05, 0) is 170 Å². The number of alkyl halides is 4. The fraction of sp³-hybridized carbons (Fsp3) is 0.536. The molecule has 0 amide bonds. The van der Waals surface area contributed by atoms with Crippen LogP contribution < -0.4 is 103 Å².